The fraction of sp³-hybridized carbons (Fsp3) is 0.222. The highest BCUT2D eigenvalue weighted by atomic mass is 16.6. The second-order valence-electron chi connectivity index (χ2n) is 6.04. The number of nitrogens with one attached hydrogen (secondary N) is 1. The van der Waals surface area contributed by atoms with Crippen molar-refractivity contribution in [1.82, 2.24) is 9.78 Å². The van der Waals surface area contributed by atoms with Gasteiger partial charge in [-0.15, -0.1) is 0 Å². The number of anilines is 1. The number of hydrogen-bond donors (Lipinski definition) is 2. The van der Waals surface area contributed by atoms with Crippen LogP contribution >= 0.6 is 0 Å². The fourth-order valence-electron chi connectivity index (χ4n) is 2.75. The van der Waals surface area contributed by atoms with Gasteiger partial charge in [-0.05, 0) is 19.1 Å². The Kier molecular flexibility index (Phi) is 4.68. The SMILES string of the molecule is C[C@@H](O)CNc1ccc(-c2nn(C)c(=O)c3ccccc23)cc1[N+](=O)[O-]. The molecule has 0 aliphatic rings. The van der Waals surface area contributed by atoms with Crippen LogP contribution in [0.3, 0.4) is 0 Å². The molecule has 3 rings (SSSR count). The smallest absolute Gasteiger partial charge is 0.292 e. The predicted molar refractivity (Wildman–Crippen MR) is 99.2 cm³/mol. The van der Waals surface area contributed by atoms with Gasteiger partial charge in [-0.2, -0.15) is 5.10 Å². The number of rotatable bonds is 5. The number of aliphatic hydroxyl groups is 1. The zero-order valence-corrected chi connectivity index (χ0v) is 14.3. The molecule has 0 saturated heterocycles. The zero-order valence-electron chi connectivity index (χ0n) is 14.3. The summed E-state index contributed by atoms with van der Waals surface area (Å²) >= 11 is 0. The maximum atomic E-state index is 12.2. The standard InChI is InChI=1S/C18H18N4O4/c1-11(23)10-19-15-8-7-12(9-16(15)22(25)26)17-13-5-3-4-6-14(13)18(24)21(2)20-17/h3-9,11,19,23H,10H2,1-2H3/t11-/m1/s1. The van der Waals surface area contributed by atoms with Gasteiger partial charge in [-0.1, -0.05) is 24.3 Å². The number of nitro groups is 1. The lowest BCUT2D eigenvalue weighted by molar-refractivity contribution is -0.383. The minimum atomic E-state index is -0.636. The Bertz CT molecular complexity index is 1040. The van der Waals surface area contributed by atoms with Gasteiger partial charge in [-0.3, -0.25) is 14.9 Å². The summed E-state index contributed by atoms with van der Waals surface area (Å²) < 4.78 is 1.23. The molecule has 26 heavy (non-hydrogen) atoms. The largest absolute Gasteiger partial charge is 0.392 e. The molecule has 1 heterocycles. The van der Waals surface area contributed by atoms with E-state index in [9.17, 15) is 20.0 Å². The first-order valence-corrected chi connectivity index (χ1v) is 8.05. The lowest BCUT2D eigenvalue weighted by Crippen LogP contribution is -2.20. The third-order valence-electron chi connectivity index (χ3n) is 4.01. The van der Waals surface area contributed by atoms with E-state index in [1.165, 1.54) is 10.7 Å². The lowest BCUT2D eigenvalue weighted by atomic mass is 10.0. The van der Waals surface area contributed by atoms with Gasteiger partial charge in [0.25, 0.3) is 11.2 Å². The van der Waals surface area contributed by atoms with Crippen molar-refractivity contribution in [2.75, 3.05) is 11.9 Å². The van der Waals surface area contributed by atoms with Crippen LogP contribution in [0.15, 0.2) is 47.3 Å². The molecule has 1 aromatic heterocycles. The van der Waals surface area contributed by atoms with E-state index >= 15 is 0 Å². The number of nitro benzene ring substituents is 1. The molecule has 0 aliphatic heterocycles. The van der Waals surface area contributed by atoms with Gasteiger partial charge >= 0.3 is 0 Å². The highest BCUT2D eigenvalue weighted by Gasteiger charge is 2.18. The van der Waals surface area contributed by atoms with Crippen molar-refractivity contribution in [2.24, 2.45) is 7.05 Å². The first-order valence-electron chi connectivity index (χ1n) is 8.05. The third kappa shape index (κ3) is 3.27. The van der Waals surface area contributed by atoms with Gasteiger partial charge < -0.3 is 10.4 Å². The molecule has 3 aromatic rings. The van der Waals surface area contributed by atoms with E-state index in [1.807, 2.05) is 0 Å². The number of aliphatic hydroxyl groups excluding tert-OH is 1. The van der Waals surface area contributed by atoms with Gasteiger partial charge in [0, 0.05) is 30.6 Å². The van der Waals surface area contributed by atoms with E-state index in [2.05, 4.69) is 10.4 Å². The van der Waals surface area contributed by atoms with Crippen molar-refractivity contribution in [3.05, 3.63) is 62.9 Å². The molecule has 0 saturated carbocycles. The van der Waals surface area contributed by atoms with Crippen LogP contribution in [0, 0.1) is 10.1 Å². The van der Waals surface area contributed by atoms with Crippen molar-refractivity contribution >= 4 is 22.1 Å². The van der Waals surface area contributed by atoms with Crippen LogP contribution in [-0.4, -0.2) is 32.5 Å². The van der Waals surface area contributed by atoms with Crippen LogP contribution in [0.2, 0.25) is 0 Å². The maximum absolute atomic E-state index is 12.2. The van der Waals surface area contributed by atoms with E-state index in [0.717, 1.165) is 0 Å². The molecule has 8 heteroatoms. The zero-order chi connectivity index (χ0) is 18.8. The topological polar surface area (TPSA) is 110 Å². The molecule has 0 radical (unpaired) electrons. The first kappa shape index (κ1) is 17.6. The molecule has 0 unspecified atom stereocenters. The highest BCUT2D eigenvalue weighted by Crippen LogP contribution is 2.32. The Morgan fingerprint density at radius 1 is 1.27 bits per heavy atom. The summed E-state index contributed by atoms with van der Waals surface area (Å²) in [7, 11) is 1.55. The van der Waals surface area contributed by atoms with Crippen molar-refractivity contribution < 1.29 is 10.0 Å². The maximum Gasteiger partial charge on any atom is 0.292 e. The van der Waals surface area contributed by atoms with Crippen LogP contribution in [0.1, 0.15) is 6.92 Å². The number of fused-ring (bicyclic) bond motifs is 1. The quantitative estimate of drug-likeness (QED) is 0.537. The first-order chi connectivity index (χ1) is 12.4. The average Bonchev–Trinajstić information content (AvgIpc) is 2.63. The number of hydrogen-bond acceptors (Lipinski definition) is 6. The van der Waals surface area contributed by atoms with Crippen molar-refractivity contribution in [1.29, 1.82) is 0 Å². The Labute approximate surface area is 148 Å². The number of nitrogens with zero attached hydrogens (tertiary/aromatic N) is 3. The number of aromatic nitrogens is 2. The molecular formula is C18H18N4O4. The molecule has 8 nitrogen and oxygen atoms in total. The van der Waals surface area contributed by atoms with Gasteiger partial charge in [-0.25, -0.2) is 4.68 Å². The Hall–Kier alpha value is -3.26. The van der Waals surface area contributed by atoms with E-state index in [-0.39, 0.29) is 17.8 Å². The summed E-state index contributed by atoms with van der Waals surface area (Å²) in [6, 6.07) is 11.7. The van der Waals surface area contributed by atoms with Gasteiger partial charge in [0.05, 0.1) is 22.1 Å². The summed E-state index contributed by atoms with van der Waals surface area (Å²) in [5.74, 6) is 0. The minimum Gasteiger partial charge on any atom is -0.392 e. The summed E-state index contributed by atoms with van der Waals surface area (Å²) in [4.78, 5) is 23.2. The van der Waals surface area contributed by atoms with E-state index < -0.39 is 11.0 Å². The molecule has 134 valence electrons. The second kappa shape index (κ2) is 6.93. The van der Waals surface area contributed by atoms with E-state index in [0.29, 0.717) is 27.7 Å². The molecule has 0 aliphatic carbocycles. The molecule has 2 N–H and O–H groups in total. The minimum absolute atomic E-state index is 0.122. The average molecular weight is 354 g/mol. The van der Waals surface area contributed by atoms with Crippen LogP contribution in [-0.2, 0) is 7.05 Å². The Morgan fingerprint density at radius 3 is 2.62 bits per heavy atom. The molecule has 2 aromatic carbocycles. The number of aryl methyl sites for hydroxylation is 1. The van der Waals surface area contributed by atoms with Crippen LogP contribution in [0.5, 0.6) is 0 Å². The monoisotopic (exact) mass is 354 g/mol. The van der Waals surface area contributed by atoms with Gasteiger partial charge in [0.2, 0.25) is 0 Å². The lowest BCUT2D eigenvalue weighted by Gasteiger charge is -2.11. The molecule has 0 spiro atoms. The molecule has 0 bridgehead atoms. The van der Waals surface area contributed by atoms with Crippen LogP contribution < -0.4 is 10.9 Å². The summed E-state index contributed by atoms with van der Waals surface area (Å²) in [5.41, 5.74) is 0.990. The van der Waals surface area contributed by atoms with E-state index in [4.69, 9.17) is 0 Å². The predicted octanol–water partition coefficient (Wildman–Crippen LogP) is 2.30. The highest BCUT2D eigenvalue weighted by molar-refractivity contribution is 5.94. The van der Waals surface area contributed by atoms with Crippen LogP contribution in [0.4, 0.5) is 11.4 Å². The van der Waals surface area contributed by atoms with E-state index in [1.54, 1.807) is 50.4 Å². The Balaban J connectivity index is 2.18. The molecule has 0 amide bonds. The molecule has 0 fully saturated rings. The van der Waals surface area contributed by atoms with Gasteiger partial charge in [0.1, 0.15) is 5.69 Å². The van der Waals surface area contributed by atoms with Crippen molar-refractivity contribution in [3.63, 3.8) is 0 Å². The third-order valence-corrected chi connectivity index (χ3v) is 4.01. The molecule has 1 atom stereocenters. The summed E-state index contributed by atoms with van der Waals surface area (Å²) in [6.45, 7) is 1.79. The fourth-order valence-corrected chi connectivity index (χ4v) is 2.75. The summed E-state index contributed by atoms with van der Waals surface area (Å²) in [6.07, 6.45) is -0.636. The number of benzene rings is 2. The summed E-state index contributed by atoms with van der Waals surface area (Å²) in [5, 5.41) is 29.1. The van der Waals surface area contributed by atoms with Crippen molar-refractivity contribution in [2.45, 2.75) is 13.0 Å². The van der Waals surface area contributed by atoms with Crippen molar-refractivity contribution in [3.8, 4) is 11.3 Å². The van der Waals surface area contributed by atoms with Gasteiger partial charge in [0.15, 0.2) is 0 Å². The second-order valence-corrected chi connectivity index (χ2v) is 6.04. The molecular weight excluding hydrogens is 336 g/mol. The normalized spacial score (nSPS) is 12.1. The Morgan fingerprint density at radius 2 is 1.96 bits per heavy atom. The van der Waals surface area contributed by atoms with Crippen LogP contribution in [0.25, 0.3) is 22.0 Å².